The van der Waals surface area contributed by atoms with Crippen molar-refractivity contribution in [1.82, 2.24) is 9.88 Å². The Morgan fingerprint density at radius 2 is 2.16 bits per heavy atom. The number of nitrogens with zero attached hydrogens (tertiary/aromatic N) is 2. The van der Waals surface area contributed by atoms with Crippen molar-refractivity contribution in [3.63, 3.8) is 0 Å². The van der Waals surface area contributed by atoms with Crippen LogP contribution in [-0.4, -0.2) is 41.8 Å². The summed E-state index contributed by atoms with van der Waals surface area (Å²) in [6.07, 6.45) is 5.64. The molecule has 0 N–H and O–H groups in total. The van der Waals surface area contributed by atoms with E-state index in [0.717, 1.165) is 25.0 Å². The summed E-state index contributed by atoms with van der Waals surface area (Å²) in [6, 6.07) is 9.16. The van der Waals surface area contributed by atoms with Crippen molar-refractivity contribution < 1.29 is 19.0 Å². The molecule has 0 bridgehead atoms. The lowest BCUT2D eigenvalue weighted by Gasteiger charge is -2.25. The van der Waals surface area contributed by atoms with Crippen LogP contribution in [-0.2, 0) is 11.3 Å². The predicted octanol–water partition coefficient (Wildman–Crippen LogP) is 2.63. The number of hydrogen-bond donors (Lipinski definition) is 0. The summed E-state index contributed by atoms with van der Waals surface area (Å²) in [7, 11) is 0. The Morgan fingerprint density at radius 3 is 2.96 bits per heavy atom. The summed E-state index contributed by atoms with van der Waals surface area (Å²) >= 11 is 0. The van der Waals surface area contributed by atoms with Crippen LogP contribution in [0.1, 0.15) is 28.8 Å². The van der Waals surface area contributed by atoms with Gasteiger partial charge in [0.05, 0.1) is 6.10 Å². The molecule has 130 valence electrons. The van der Waals surface area contributed by atoms with Gasteiger partial charge in [-0.05, 0) is 42.7 Å². The third kappa shape index (κ3) is 3.58. The lowest BCUT2D eigenvalue weighted by atomic mass is 10.1. The minimum absolute atomic E-state index is 0.0438. The van der Waals surface area contributed by atoms with Crippen LogP contribution in [0, 0.1) is 0 Å². The molecule has 1 fully saturated rings. The maximum atomic E-state index is 13.1. The fourth-order valence-corrected chi connectivity index (χ4v) is 3.18. The maximum Gasteiger partial charge on any atom is 0.254 e. The molecule has 1 aromatic carbocycles. The first-order valence-electron chi connectivity index (χ1n) is 8.49. The molecule has 25 heavy (non-hydrogen) atoms. The van der Waals surface area contributed by atoms with Crippen molar-refractivity contribution in [2.45, 2.75) is 25.5 Å². The predicted molar refractivity (Wildman–Crippen MR) is 90.5 cm³/mol. The SMILES string of the molecule is O=C(c1ccc2c(c1)OCO2)N(Cc1cccnc1)C[C@H]1CCCO1. The Balaban J connectivity index is 1.56. The number of amides is 1. The second-order valence-corrected chi connectivity index (χ2v) is 6.25. The van der Waals surface area contributed by atoms with Crippen LogP contribution >= 0.6 is 0 Å². The van der Waals surface area contributed by atoms with E-state index in [4.69, 9.17) is 14.2 Å². The van der Waals surface area contributed by atoms with E-state index >= 15 is 0 Å². The molecule has 0 unspecified atom stereocenters. The van der Waals surface area contributed by atoms with Crippen molar-refractivity contribution >= 4 is 5.91 Å². The third-order valence-corrected chi connectivity index (χ3v) is 4.45. The van der Waals surface area contributed by atoms with E-state index < -0.39 is 0 Å². The van der Waals surface area contributed by atoms with Gasteiger partial charge < -0.3 is 19.1 Å². The number of hydrogen-bond acceptors (Lipinski definition) is 5. The van der Waals surface area contributed by atoms with E-state index in [1.165, 1.54) is 0 Å². The van der Waals surface area contributed by atoms with Gasteiger partial charge in [-0.15, -0.1) is 0 Å². The standard InChI is InChI=1S/C19H20N2O4/c22-19(15-5-6-17-18(9-15)25-13-24-17)21(12-16-4-2-8-23-16)11-14-3-1-7-20-10-14/h1,3,5-7,9-10,16H,2,4,8,11-13H2/t16-/m1/s1. The molecule has 1 atom stereocenters. The molecular formula is C19H20N2O4. The van der Waals surface area contributed by atoms with Crippen molar-refractivity contribution in [1.29, 1.82) is 0 Å². The highest BCUT2D eigenvalue weighted by Gasteiger charge is 2.25. The van der Waals surface area contributed by atoms with Gasteiger partial charge in [-0.2, -0.15) is 0 Å². The molecular weight excluding hydrogens is 320 g/mol. The molecule has 1 saturated heterocycles. The Kier molecular flexibility index (Phi) is 4.52. The van der Waals surface area contributed by atoms with Gasteiger partial charge in [0.2, 0.25) is 6.79 Å². The summed E-state index contributed by atoms with van der Waals surface area (Å²) in [4.78, 5) is 19.1. The minimum atomic E-state index is -0.0438. The zero-order valence-corrected chi connectivity index (χ0v) is 13.9. The van der Waals surface area contributed by atoms with Crippen LogP contribution in [0.4, 0.5) is 0 Å². The highest BCUT2D eigenvalue weighted by Crippen LogP contribution is 2.33. The molecule has 6 nitrogen and oxygen atoms in total. The molecule has 2 aliphatic rings. The Hall–Kier alpha value is -2.60. The number of fused-ring (bicyclic) bond motifs is 1. The fourth-order valence-electron chi connectivity index (χ4n) is 3.18. The van der Waals surface area contributed by atoms with E-state index in [1.807, 2.05) is 17.0 Å². The van der Waals surface area contributed by atoms with Crippen LogP contribution in [0.5, 0.6) is 11.5 Å². The van der Waals surface area contributed by atoms with E-state index in [9.17, 15) is 4.79 Å². The molecule has 0 aliphatic carbocycles. The van der Waals surface area contributed by atoms with Crippen LogP contribution in [0.3, 0.4) is 0 Å². The molecule has 4 rings (SSSR count). The number of pyridine rings is 1. The third-order valence-electron chi connectivity index (χ3n) is 4.45. The quantitative estimate of drug-likeness (QED) is 0.837. The van der Waals surface area contributed by atoms with E-state index in [0.29, 0.717) is 30.2 Å². The normalized spacial score (nSPS) is 18.3. The minimum Gasteiger partial charge on any atom is -0.454 e. The summed E-state index contributed by atoms with van der Waals surface area (Å²) < 4.78 is 16.4. The number of carbonyl (C=O) groups excluding carboxylic acids is 1. The molecule has 1 aromatic heterocycles. The number of ether oxygens (including phenoxy) is 3. The number of rotatable bonds is 5. The second-order valence-electron chi connectivity index (χ2n) is 6.25. The highest BCUT2D eigenvalue weighted by atomic mass is 16.7. The van der Waals surface area contributed by atoms with Crippen LogP contribution in [0.2, 0.25) is 0 Å². The van der Waals surface area contributed by atoms with Gasteiger partial charge >= 0.3 is 0 Å². The molecule has 0 radical (unpaired) electrons. The molecule has 3 heterocycles. The molecule has 0 saturated carbocycles. The van der Waals surface area contributed by atoms with Gasteiger partial charge in [-0.25, -0.2) is 0 Å². The van der Waals surface area contributed by atoms with E-state index in [1.54, 1.807) is 30.6 Å². The van der Waals surface area contributed by atoms with Gasteiger partial charge in [-0.1, -0.05) is 6.07 Å². The first-order valence-corrected chi connectivity index (χ1v) is 8.49. The summed E-state index contributed by atoms with van der Waals surface area (Å²) in [5, 5.41) is 0. The van der Waals surface area contributed by atoms with Crippen LogP contribution in [0.25, 0.3) is 0 Å². The summed E-state index contributed by atoms with van der Waals surface area (Å²) in [5.74, 6) is 1.25. The maximum absolute atomic E-state index is 13.1. The number of aromatic nitrogens is 1. The van der Waals surface area contributed by atoms with Crippen molar-refractivity contribution in [2.24, 2.45) is 0 Å². The molecule has 1 amide bonds. The van der Waals surface area contributed by atoms with Gasteiger partial charge in [0.25, 0.3) is 5.91 Å². The summed E-state index contributed by atoms with van der Waals surface area (Å²) in [6.45, 7) is 2.04. The lowest BCUT2D eigenvalue weighted by Crippen LogP contribution is -2.37. The lowest BCUT2D eigenvalue weighted by molar-refractivity contribution is 0.0507. The average Bonchev–Trinajstić information content (AvgIpc) is 3.32. The van der Waals surface area contributed by atoms with Gasteiger partial charge in [0, 0.05) is 37.7 Å². The first-order chi connectivity index (χ1) is 12.3. The Bertz CT molecular complexity index is 744. The van der Waals surface area contributed by atoms with Crippen LogP contribution in [0.15, 0.2) is 42.7 Å². The van der Waals surface area contributed by atoms with Gasteiger partial charge in [0.15, 0.2) is 11.5 Å². The average molecular weight is 340 g/mol. The number of carbonyl (C=O) groups is 1. The zero-order valence-electron chi connectivity index (χ0n) is 13.9. The molecule has 2 aliphatic heterocycles. The van der Waals surface area contributed by atoms with Crippen molar-refractivity contribution in [3.05, 3.63) is 53.9 Å². The molecule has 2 aromatic rings. The van der Waals surface area contributed by atoms with Crippen LogP contribution < -0.4 is 9.47 Å². The second kappa shape index (κ2) is 7.11. The molecule has 6 heteroatoms. The summed E-state index contributed by atoms with van der Waals surface area (Å²) in [5.41, 5.74) is 1.58. The largest absolute Gasteiger partial charge is 0.454 e. The Labute approximate surface area is 146 Å². The van der Waals surface area contributed by atoms with Gasteiger partial charge in [-0.3, -0.25) is 9.78 Å². The smallest absolute Gasteiger partial charge is 0.254 e. The first kappa shape index (κ1) is 15.9. The van der Waals surface area contributed by atoms with E-state index in [-0.39, 0.29) is 18.8 Å². The monoisotopic (exact) mass is 340 g/mol. The number of benzene rings is 1. The Morgan fingerprint density at radius 1 is 1.24 bits per heavy atom. The van der Waals surface area contributed by atoms with Crippen molar-refractivity contribution in [2.75, 3.05) is 19.9 Å². The fraction of sp³-hybridized carbons (Fsp3) is 0.368. The zero-order chi connectivity index (χ0) is 17.1. The molecule has 0 spiro atoms. The highest BCUT2D eigenvalue weighted by molar-refractivity contribution is 5.95. The van der Waals surface area contributed by atoms with E-state index in [2.05, 4.69) is 4.98 Å². The van der Waals surface area contributed by atoms with Gasteiger partial charge in [0.1, 0.15) is 0 Å². The van der Waals surface area contributed by atoms with Crippen molar-refractivity contribution in [3.8, 4) is 11.5 Å². The topological polar surface area (TPSA) is 60.9 Å².